The second-order valence-electron chi connectivity index (χ2n) is 3.42. The predicted octanol–water partition coefficient (Wildman–Crippen LogP) is 0.919. The summed E-state index contributed by atoms with van der Waals surface area (Å²) in [6.07, 6.45) is 0.113. The summed E-state index contributed by atoms with van der Waals surface area (Å²) in [4.78, 5) is 11.5. The lowest BCUT2D eigenvalue weighted by molar-refractivity contribution is 0.0593. The van der Waals surface area contributed by atoms with E-state index in [4.69, 9.17) is 15.2 Å². The minimum Gasteiger partial charge on any atom is -0.489 e. The summed E-state index contributed by atoms with van der Waals surface area (Å²) in [7, 11) is 1.32. The molecule has 0 radical (unpaired) electrons. The number of hydrogen-bond donors (Lipinski definition) is 1. The van der Waals surface area contributed by atoms with Crippen molar-refractivity contribution in [3.8, 4) is 11.5 Å². The number of ether oxygens (including phenoxy) is 3. The zero-order valence-corrected chi connectivity index (χ0v) is 8.93. The minimum atomic E-state index is -0.466. The van der Waals surface area contributed by atoms with Crippen LogP contribution in [-0.2, 0) is 4.74 Å². The molecule has 2 N–H and O–H groups in total. The van der Waals surface area contributed by atoms with E-state index in [1.54, 1.807) is 18.2 Å². The molecule has 1 atom stereocenters. The number of hydrogen-bond acceptors (Lipinski definition) is 5. The van der Waals surface area contributed by atoms with E-state index in [2.05, 4.69) is 4.74 Å². The Morgan fingerprint density at radius 1 is 1.56 bits per heavy atom. The molecule has 5 nitrogen and oxygen atoms in total. The third kappa shape index (κ3) is 1.94. The number of carbonyl (C=O) groups is 1. The van der Waals surface area contributed by atoms with Gasteiger partial charge in [0, 0.05) is 6.42 Å². The van der Waals surface area contributed by atoms with E-state index >= 15 is 0 Å². The molecule has 1 unspecified atom stereocenters. The molecule has 0 aromatic heterocycles. The Morgan fingerprint density at radius 3 is 3.12 bits per heavy atom. The fraction of sp³-hybridized carbons (Fsp3) is 0.364. The van der Waals surface area contributed by atoms with Crippen molar-refractivity contribution < 1.29 is 19.0 Å². The lowest BCUT2D eigenvalue weighted by Crippen LogP contribution is -2.27. The largest absolute Gasteiger partial charge is 0.489 e. The van der Waals surface area contributed by atoms with Crippen LogP contribution in [0.1, 0.15) is 16.8 Å². The number of rotatable bonds is 1. The van der Waals surface area contributed by atoms with Crippen LogP contribution in [0.5, 0.6) is 11.5 Å². The summed E-state index contributed by atoms with van der Waals surface area (Å²) >= 11 is 0. The molecule has 0 saturated heterocycles. The highest BCUT2D eigenvalue weighted by atomic mass is 16.5. The molecule has 0 spiro atoms. The standard InChI is InChI=1S/C11H13NO4/c1-14-11(13)7-3-2-4-8-10(7)16-9(12)5-6-15-8/h2-4,9H,5-6,12H2,1H3. The Kier molecular flexibility index (Phi) is 2.96. The molecule has 86 valence electrons. The Bertz CT molecular complexity index is 405. The lowest BCUT2D eigenvalue weighted by atomic mass is 10.2. The number of para-hydroxylation sites is 1. The number of fused-ring (bicyclic) bond motifs is 1. The van der Waals surface area contributed by atoms with Crippen LogP contribution in [0, 0.1) is 0 Å². The number of nitrogens with two attached hydrogens (primary N) is 1. The monoisotopic (exact) mass is 223 g/mol. The highest BCUT2D eigenvalue weighted by molar-refractivity contribution is 5.93. The molecule has 0 bridgehead atoms. The van der Waals surface area contributed by atoms with E-state index in [1.807, 2.05) is 0 Å². The maximum Gasteiger partial charge on any atom is 0.341 e. The van der Waals surface area contributed by atoms with Gasteiger partial charge in [-0.25, -0.2) is 4.79 Å². The van der Waals surface area contributed by atoms with Gasteiger partial charge < -0.3 is 14.2 Å². The fourth-order valence-electron chi connectivity index (χ4n) is 1.52. The number of esters is 1. The summed E-state index contributed by atoms with van der Waals surface area (Å²) in [5.74, 6) is 0.421. The second kappa shape index (κ2) is 4.40. The van der Waals surface area contributed by atoms with E-state index in [9.17, 15) is 4.79 Å². The SMILES string of the molecule is COC(=O)c1cccc2c1OC(N)CCO2. The Hall–Kier alpha value is -1.75. The van der Waals surface area contributed by atoms with E-state index in [0.717, 1.165) is 0 Å². The lowest BCUT2D eigenvalue weighted by Gasteiger charge is -2.13. The van der Waals surface area contributed by atoms with Crippen molar-refractivity contribution in [2.75, 3.05) is 13.7 Å². The zero-order valence-electron chi connectivity index (χ0n) is 8.93. The van der Waals surface area contributed by atoms with Crippen LogP contribution >= 0.6 is 0 Å². The Morgan fingerprint density at radius 2 is 2.38 bits per heavy atom. The minimum absolute atomic E-state index is 0.331. The molecule has 0 saturated carbocycles. The van der Waals surface area contributed by atoms with Gasteiger partial charge in [0.15, 0.2) is 17.7 Å². The van der Waals surface area contributed by atoms with Gasteiger partial charge in [0.05, 0.1) is 13.7 Å². The molecular weight excluding hydrogens is 210 g/mol. The second-order valence-corrected chi connectivity index (χ2v) is 3.42. The van der Waals surface area contributed by atoms with Crippen molar-refractivity contribution in [3.05, 3.63) is 23.8 Å². The Balaban J connectivity index is 2.44. The molecule has 5 heteroatoms. The summed E-state index contributed by atoms with van der Waals surface area (Å²) < 4.78 is 15.6. The van der Waals surface area contributed by atoms with E-state index in [-0.39, 0.29) is 0 Å². The maximum atomic E-state index is 11.5. The molecule has 16 heavy (non-hydrogen) atoms. The predicted molar refractivity (Wildman–Crippen MR) is 56.5 cm³/mol. The summed E-state index contributed by atoms with van der Waals surface area (Å²) in [5, 5.41) is 0. The van der Waals surface area contributed by atoms with Crippen LogP contribution in [-0.4, -0.2) is 25.9 Å². The van der Waals surface area contributed by atoms with Crippen molar-refractivity contribution in [3.63, 3.8) is 0 Å². The summed E-state index contributed by atoms with van der Waals surface area (Å²) in [5.41, 5.74) is 6.04. The van der Waals surface area contributed by atoms with Crippen molar-refractivity contribution >= 4 is 5.97 Å². The van der Waals surface area contributed by atoms with Crippen LogP contribution in [0.25, 0.3) is 0 Å². The van der Waals surface area contributed by atoms with E-state index < -0.39 is 12.2 Å². The summed E-state index contributed by atoms with van der Waals surface area (Å²) in [6.45, 7) is 0.471. The molecule has 1 heterocycles. The fourth-order valence-corrected chi connectivity index (χ4v) is 1.52. The quantitative estimate of drug-likeness (QED) is 0.717. The van der Waals surface area contributed by atoms with Crippen LogP contribution in [0.3, 0.4) is 0 Å². The average molecular weight is 223 g/mol. The van der Waals surface area contributed by atoms with Gasteiger partial charge >= 0.3 is 5.97 Å². The molecule has 1 aromatic rings. The molecule has 2 rings (SSSR count). The van der Waals surface area contributed by atoms with Crippen LogP contribution in [0.4, 0.5) is 0 Å². The third-order valence-electron chi connectivity index (χ3n) is 2.31. The third-order valence-corrected chi connectivity index (χ3v) is 2.31. The van der Waals surface area contributed by atoms with Gasteiger partial charge in [-0.15, -0.1) is 0 Å². The first kappa shape index (κ1) is 10.8. The van der Waals surface area contributed by atoms with Gasteiger partial charge in [0.2, 0.25) is 0 Å². The molecule has 1 aromatic carbocycles. The molecule has 1 aliphatic heterocycles. The van der Waals surface area contributed by atoms with Gasteiger partial charge in [-0.05, 0) is 12.1 Å². The van der Waals surface area contributed by atoms with Crippen molar-refractivity contribution in [1.82, 2.24) is 0 Å². The Labute approximate surface area is 93.1 Å². The van der Waals surface area contributed by atoms with Gasteiger partial charge in [0.25, 0.3) is 0 Å². The molecule has 0 fully saturated rings. The molecule has 0 amide bonds. The first-order valence-corrected chi connectivity index (χ1v) is 4.98. The topological polar surface area (TPSA) is 70.8 Å². The smallest absolute Gasteiger partial charge is 0.341 e. The van der Waals surface area contributed by atoms with Gasteiger partial charge in [-0.1, -0.05) is 6.07 Å². The van der Waals surface area contributed by atoms with Gasteiger partial charge in [-0.2, -0.15) is 0 Å². The van der Waals surface area contributed by atoms with Crippen molar-refractivity contribution in [2.24, 2.45) is 5.73 Å². The number of benzene rings is 1. The van der Waals surface area contributed by atoms with Crippen LogP contribution in [0.2, 0.25) is 0 Å². The first-order valence-electron chi connectivity index (χ1n) is 4.98. The van der Waals surface area contributed by atoms with Gasteiger partial charge in [-0.3, -0.25) is 5.73 Å². The van der Waals surface area contributed by atoms with E-state index in [0.29, 0.717) is 30.1 Å². The maximum absolute atomic E-state index is 11.5. The van der Waals surface area contributed by atoms with Crippen molar-refractivity contribution in [1.29, 1.82) is 0 Å². The van der Waals surface area contributed by atoms with E-state index in [1.165, 1.54) is 7.11 Å². The van der Waals surface area contributed by atoms with Gasteiger partial charge in [0.1, 0.15) is 5.56 Å². The number of methoxy groups -OCH3 is 1. The molecule has 0 aliphatic carbocycles. The normalized spacial score (nSPS) is 18.8. The highest BCUT2D eigenvalue weighted by Crippen LogP contribution is 2.34. The molecular formula is C11H13NO4. The van der Waals surface area contributed by atoms with Crippen LogP contribution in [0.15, 0.2) is 18.2 Å². The highest BCUT2D eigenvalue weighted by Gasteiger charge is 2.22. The summed E-state index contributed by atoms with van der Waals surface area (Å²) in [6, 6.07) is 5.07. The zero-order chi connectivity index (χ0) is 11.5. The van der Waals surface area contributed by atoms with Crippen molar-refractivity contribution in [2.45, 2.75) is 12.6 Å². The average Bonchev–Trinajstić information content (AvgIpc) is 2.48. The van der Waals surface area contributed by atoms with Crippen LogP contribution < -0.4 is 15.2 Å². The molecule has 1 aliphatic rings. The first-order chi connectivity index (χ1) is 7.72. The number of carbonyl (C=O) groups excluding carboxylic acids is 1.